The van der Waals surface area contributed by atoms with E-state index in [-0.39, 0.29) is 55.3 Å². The molecule has 3 aliphatic rings. The predicted octanol–water partition coefficient (Wildman–Crippen LogP) is 1.75. The molecule has 8 nitrogen and oxygen atoms in total. The number of esters is 1. The van der Waals surface area contributed by atoms with Crippen molar-refractivity contribution in [1.29, 1.82) is 0 Å². The average Bonchev–Trinajstić information content (AvgIpc) is 2.74. The average molecular weight is 505 g/mol. The molecule has 184 valence electrons. The minimum absolute atomic E-state index is 0. The van der Waals surface area contributed by atoms with Gasteiger partial charge in [-0.1, -0.05) is 0 Å². The second-order valence-corrected chi connectivity index (χ2v) is 8.45. The van der Waals surface area contributed by atoms with Crippen LogP contribution in [0.3, 0.4) is 0 Å². The fourth-order valence-corrected chi connectivity index (χ4v) is 4.79. The van der Waals surface area contributed by atoms with Gasteiger partial charge in [0.1, 0.15) is 0 Å². The van der Waals surface area contributed by atoms with Gasteiger partial charge in [0.15, 0.2) is 0 Å². The Hall–Kier alpha value is -0.510. The first-order chi connectivity index (χ1) is 13.6. The van der Waals surface area contributed by atoms with Gasteiger partial charge >= 0.3 is 12.0 Å². The summed E-state index contributed by atoms with van der Waals surface area (Å²) in [6.45, 7) is 6.19. The van der Waals surface area contributed by atoms with E-state index in [4.69, 9.17) is 4.74 Å². The minimum Gasteiger partial charge on any atom is -0.468 e. The highest BCUT2D eigenvalue weighted by Gasteiger charge is 2.30. The monoisotopic (exact) mass is 503 g/mol. The molecule has 0 aromatic rings. The number of piperidine rings is 1. The first kappa shape index (κ1) is 30.5. The highest BCUT2D eigenvalue weighted by molar-refractivity contribution is 5.86. The highest BCUT2D eigenvalue weighted by Crippen LogP contribution is 2.23. The number of piperazine rings is 1. The van der Waals surface area contributed by atoms with E-state index in [0.717, 1.165) is 65.0 Å². The van der Waals surface area contributed by atoms with Crippen LogP contribution in [0.25, 0.3) is 0 Å². The summed E-state index contributed by atoms with van der Waals surface area (Å²) in [5.41, 5.74) is 0. The van der Waals surface area contributed by atoms with Gasteiger partial charge in [-0.3, -0.25) is 14.6 Å². The lowest BCUT2D eigenvalue weighted by Gasteiger charge is -2.41. The molecule has 1 saturated carbocycles. The van der Waals surface area contributed by atoms with Gasteiger partial charge in [-0.25, -0.2) is 4.79 Å². The summed E-state index contributed by atoms with van der Waals surface area (Å²) in [6.07, 6.45) is 6.39. The molecule has 2 N–H and O–H groups in total. The van der Waals surface area contributed by atoms with Gasteiger partial charge in [0.05, 0.1) is 13.7 Å². The summed E-state index contributed by atoms with van der Waals surface area (Å²) in [5.74, 6) is -0.193. The van der Waals surface area contributed by atoms with Gasteiger partial charge in [-0.2, -0.15) is 0 Å². The second kappa shape index (κ2) is 15.3. The SMILES string of the molecule is COC(=O)CN(C)[C@H]1CC[C@H](NC(=O)N2CCN(C3CCNCC3)CC2)CC1.Cl.Cl.Cl. The number of halogens is 3. The first-order valence-electron chi connectivity index (χ1n) is 10.8. The summed E-state index contributed by atoms with van der Waals surface area (Å²) >= 11 is 0. The molecule has 0 spiro atoms. The third-order valence-electron chi connectivity index (χ3n) is 6.68. The fourth-order valence-electron chi connectivity index (χ4n) is 4.79. The molecule has 2 amide bonds. The lowest BCUT2D eigenvalue weighted by Crippen LogP contribution is -2.57. The maximum absolute atomic E-state index is 12.7. The summed E-state index contributed by atoms with van der Waals surface area (Å²) in [6, 6.07) is 1.42. The molecular formula is C20H40Cl3N5O3. The Kier molecular flexibility index (Phi) is 15.1. The smallest absolute Gasteiger partial charge is 0.319 e. The number of hydrogen-bond donors (Lipinski definition) is 2. The first-order valence-corrected chi connectivity index (χ1v) is 10.8. The van der Waals surface area contributed by atoms with E-state index in [2.05, 4.69) is 20.4 Å². The largest absolute Gasteiger partial charge is 0.468 e. The number of carbonyl (C=O) groups is 2. The van der Waals surface area contributed by atoms with Gasteiger partial charge in [0.2, 0.25) is 0 Å². The summed E-state index contributed by atoms with van der Waals surface area (Å²) in [4.78, 5) is 30.7. The maximum Gasteiger partial charge on any atom is 0.319 e. The number of nitrogens with one attached hydrogen (secondary N) is 2. The zero-order valence-electron chi connectivity index (χ0n) is 18.7. The number of hydrogen-bond acceptors (Lipinski definition) is 6. The molecule has 3 fully saturated rings. The highest BCUT2D eigenvalue weighted by atomic mass is 35.5. The Morgan fingerprint density at radius 1 is 0.968 bits per heavy atom. The number of methoxy groups -OCH3 is 1. The number of amides is 2. The molecule has 2 saturated heterocycles. The number of nitrogens with zero attached hydrogens (tertiary/aromatic N) is 3. The number of carbonyl (C=O) groups excluding carboxylic acids is 2. The fraction of sp³-hybridized carbons (Fsp3) is 0.900. The molecule has 31 heavy (non-hydrogen) atoms. The van der Waals surface area contributed by atoms with Crippen molar-refractivity contribution in [1.82, 2.24) is 25.3 Å². The van der Waals surface area contributed by atoms with Crippen molar-refractivity contribution in [2.45, 2.75) is 56.7 Å². The van der Waals surface area contributed by atoms with E-state index in [1.165, 1.54) is 20.0 Å². The van der Waals surface area contributed by atoms with Crippen molar-refractivity contribution in [3.63, 3.8) is 0 Å². The molecule has 0 bridgehead atoms. The minimum atomic E-state index is -0.193. The Bertz CT molecular complexity index is 524. The van der Waals surface area contributed by atoms with E-state index in [1.54, 1.807) is 0 Å². The topological polar surface area (TPSA) is 77.2 Å². The molecule has 0 radical (unpaired) electrons. The van der Waals surface area contributed by atoms with Crippen LogP contribution < -0.4 is 10.6 Å². The third kappa shape index (κ3) is 9.10. The standard InChI is InChI=1S/C20H37N5O3.3ClH/c1-23(15-19(26)28-2)17-5-3-16(4-6-17)22-20(27)25-13-11-24(12-14-25)18-7-9-21-10-8-18;;;/h16-18,21H,3-15H2,1-2H3,(H,22,27);3*1H/t16-,17-;;;. The Labute approximate surface area is 205 Å². The van der Waals surface area contributed by atoms with E-state index < -0.39 is 0 Å². The van der Waals surface area contributed by atoms with Crippen LogP contribution in [0.5, 0.6) is 0 Å². The van der Waals surface area contributed by atoms with Crippen molar-refractivity contribution in [3.05, 3.63) is 0 Å². The normalized spacial score (nSPS) is 24.9. The van der Waals surface area contributed by atoms with Crippen LogP contribution in [0.4, 0.5) is 4.79 Å². The van der Waals surface area contributed by atoms with Gasteiger partial charge in [0.25, 0.3) is 0 Å². The van der Waals surface area contributed by atoms with E-state index in [1.807, 2.05) is 11.9 Å². The van der Waals surface area contributed by atoms with Crippen molar-refractivity contribution >= 4 is 49.2 Å². The molecular weight excluding hydrogens is 465 g/mol. The van der Waals surface area contributed by atoms with Gasteiger partial charge in [-0.05, 0) is 58.7 Å². The maximum atomic E-state index is 12.7. The van der Waals surface area contributed by atoms with Crippen LogP contribution in [-0.4, -0.2) is 105 Å². The van der Waals surface area contributed by atoms with Crippen LogP contribution in [0.2, 0.25) is 0 Å². The lowest BCUT2D eigenvalue weighted by atomic mass is 9.90. The third-order valence-corrected chi connectivity index (χ3v) is 6.68. The number of ether oxygens (including phenoxy) is 1. The summed E-state index contributed by atoms with van der Waals surface area (Å²) < 4.78 is 4.75. The van der Waals surface area contributed by atoms with Gasteiger partial charge < -0.3 is 20.3 Å². The molecule has 0 atom stereocenters. The molecule has 0 unspecified atom stereocenters. The second-order valence-electron chi connectivity index (χ2n) is 8.45. The Balaban J connectivity index is 0.00000300. The van der Waals surface area contributed by atoms with Crippen molar-refractivity contribution in [3.8, 4) is 0 Å². The summed E-state index contributed by atoms with van der Waals surface area (Å²) in [7, 11) is 3.40. The van der Waals surface area contributed by atoms with Gasteiger partial charge in [0, 0.05) is 44.3 Å². The summed E-state index contributed by atoms with van der Waals surface area (Å²) in [5, 5.41) is 6.66. The predicted molar refractivity (Wildman–Crippen MR) is 130 cm³/mol. The number of rotatable bonds is 5. The number of likely N-dealkylation sites (N-methyl/N-ethyl adjacent to an activating group) is 1. The molecule has 3 rings (SSSR count). The molecule has 2 aliphatic heterocycles. The van der Waals surface area contributed by atoms with Gasteiger partial charge in [-0.15, -0.1) is 37.2 Å². The van der Waals surface area contributed by atoms with Crippen LogP contribution in [0, 0.1) is 0 Å². The lowest BCUT2D eigenvalue weighted by molar-refractivity contribution is -0.142. The van der Waals surface area contributed by atoms with Crippen molar-refractivity contribution in [2.24, 2.45) is 0 Å². The van der Waals surface area contributed by atoms with Crippen LogP contribution in [0.15, 0.2) is 0 Å². The van der Waals surface area contributed by atoms with Crippen LogP contribution >= 0.6 is 37.2 Å². The molecule has 2 heterocycles. The van der Waals surface area contributed by atoms with Crippen LogP contribution in [0.1, 0.15) is 38.5 Å². The quantitative estimate of drug-likeness (QED) is 0.556. The van der Waals surface area contributed by atoms with E-state index >= 15 is 0 Å². The van der Waals surface area contributed by atoms with Crippen LogP contribution in [-0.2, 0) is 9.53 Å². The zero-order valence-corrected chi connectivity index (χ0v) is 21.2. The van der Waals surface area contributed by atoms with Crippen molar-refractivity contribution < 1.29 is 14.3 Å². The number of urea groups is 1. The zero-order chi connectivity index (χ0) is 19.9. The Morgan fingerprint density at radius 3 is 2.10 bits per heavy atom. The molecule has 11 heteroatoms. The van der Waals surface area contributed by atoms with Crippen molar-refractivity contribution in [2.75, 3.05) is 60.0 Å². The molecule has 0 aromatic heterocycles. The molecule has 1 aliphatic carbocycles. The Morgan fingerprint density at radius 2 is 1.55 bits per heavy atom. The van der Waals surface area contributed by atoms with E-state index in [0.29, 0.717) is 18.6 Å². The molecule has 0 aromatic carbocycles. The van der Waals surface area contributed by atoms with E-state index in [9.17, 15) is 9.59 Å².